The minimum atomic E-state index is 0.180. The Hall–Kier alpha value is -2.80. The number of hydrogen-bond acceptors (Lipinski definition) is 5. The third kappa shape index (κ3) is 2.87. The van der Waals surface area contributed by atoms with Crippen LogP contribution in [0.4, 0.5) is 0 Å². The van der Waals surface area contributed by atoms with Gasteiger partial charge < -0.3 is 5.11 Å². The van der Waals surface area contributed by atoms with Crippen LogP contribution in [0.15, 0.2) is 53.8 Å². The van der Waals surface area contributed by atoms with Crippen molar-refractivity contribution in [2.24, 2.45) is 5.10 Å². The van der Waals surface area contributed by atoms with E-state index in [0.717, 1.165) is 5.56 Å². The average molecular weight is 297 g/mol. The zero-order valence-corrected chi connectivity index (χ0v) is 11.7. The van der Waals surface area contributed by atoms with Gasteiger partial charge in [0.25, 0.3) is 0 Å². The van der Waals surface area contributed by atoms with Gasteiger partial charge in [0.2, 0.25) is 10.6 Å². The summed E-state index contributed by atoms with van der Waals surface area (Å²) in [6, 6.07) is 12.3. The first-order chi connectivity index (χ1) is 10.2. The zero-order valence-electron chi connectivity index (χ0n) is 10.8. The highest BCUT2D eigenvalue weighted by atomic mass is 32.1. The van der Waals surface area contributed by atoms with E-state index in [4.69, 9.17) is 12.2 Å². The minimum Gasteiger partial charge on any atom is -0.508 e. The maximum Gasteiger partial charge on any atom is 0.216 e. The second-order valence-electron chi connectivity index (χ2n) is 4.22. The summed E-state index contributed by atoms with van der Waals surface area (Å²) < 4.78 is 1.86. The standard InChI is InChI=1S/C14H11N5OS/c20-11-5-3-4-10(8-11)9-16-19-13(17-18-14(19)21)12-6-1-2-7-15-12/h1-9,20H,(H,18,21). The van der Waals surface area contributed by atoms with Gasteiger partial charge in [-0.15, -0.1) is 0 Å². The predicted octanol–water partition coefficient (Wildman–Crippen LogP) is 2.59. The summed E-state index contributed by atoms with van der Waals surface area (Å²) in [6.45, 7) is 0. The molecule has 3 aromatic rings. The molecule has 21 heavy (non-hydrogen) atoms. The molecule has 2 N–H and O–H groups in total. The molecule has 7 heteroatoms. The molecule has 3 rings (SSSR count). The molecule has 0 bridgehead atoms. The van der Waals surface area contributed by atoms with Crippen molar-refractivity contribution in [1.82, 2.24) is 19.9 Å². The van der Waals surface area contributed by atoms with Crippen LogP contribution in [-0.2, 0) is 0 Å². The number of nitrogens with one attached hydrogen (secondary N) is 1. The summed E-state index contributed by atoms with van der Waals surface area (Å²) in [7, 11) is 0. The number of pyridine rings is 1. The van der Waals surface area contributed by atoms with Crippen LogP contribution >= 0.6 is 12.2 Å². The number of benzene rings is 1. The molecule has 0 amide bonds. The third-order valence-corrected chi connectivity index (χ3v) is 3.00. The minimum absolute atomic E-state index is 0.180. The first kappa shape index (κ1) is 13.2. The van der Waals surface area contributed by atoms with Gasteiger partial charge >= 0.3 is 0 Å². The average Bonchev–Trinajstić information content (AvgIpc) is 2.87. The Morgan fingerprint density at radius 2 is 2.14 bits per heavy atom. The van der Waals surface area contributed by atoms with Gasteiger partial charge in [-0.3, -0.25) is 4.98 Å². The van der Waals surface area contributed by atoms with E-state index in [-0.39, 0.29) is 5.75 Å². The lowest BCUT2D eigenvalue weighted by Gasteiger charge is -1.99. The molecule has 0 saturated carbocycles. The Labute approximate surface area is 125 Å². The van der Waals surface area contributed by atoms with E-state index in [1.165, 1.54) is 4.68 Å². The molecular formula is C14H11N5OS. The fourth-order valence-electron chi connectivity index (χ4n) is 1.79. The van der Waals surface area contributed by atoms with Crippen LogP contribution in [0.1, 0.15) is 5.56 Å². The number of nitrogens with zero attached hydrogens (tertiary/aromatic N) is 4. The van der Waals surface area contributed by atoms with Crippen LogP contribution in [-0.4, -0.2) is 31.2 Å². The molecule has 104 valence electrons. The summed E-state index contributed by atoms with van der Waals surface area (Å²) >= 11 is 5.17. The van der Waals surface area contributed by atoms with Crippen molar-refractivity contribution in [2.75, 3.05) is 0 Å². The molecule has 0 aliphatic carbocycles. The summed E-state index contributed by atoms with van der Waals surface area (Å²) in [4.78, 5) is 4.23. The van der Waals surface area contributed by atoms with Crippen molar-refractivity contribution >= 4 is 18.4 Å². The molecule has 2 aromatic heterocycles. The number of rotatable bonds is 3. The van der Waals surface area contributed by atoms with Crippen LogP contribution in [0, 0.1) is 4.77 Å². The first-order valence-corrected chi connectivity index (χ1v) is 6.57. The topological polar surface area (TPSA) is 79.1 Å². The predicted molar refractivity (Wildman–Crippen MR) is 81.7 cm³/mol. The second-order valence-corrected chi connectivity index (χ2v) is 4.61. The van der Waals surface area contributed by atoms with E-state index in [2.05, 4.69) is 20.3 Å². The molecule has 0 atom stereocenters. The van der Waals surface area contributed by atoms with Crippen molar-refractivity contribution in [1.29, 1.82) is 0 Å². The van der Waals surface area contributed by atoms with Gasteiger partial charge in [0.05, 0.1) is 6.21 Å². The van der Waals surface area contributed by atoms with Gasteiger partial charge in [-0.25, -0.2) is 5.10 Å². The number of H-pyrrole nitrogens is 1. The largest absolute Gasteiger partial charge is 0.508 e. The lowest BCUT2D eigenvalue weighted by molar-refractivity contribution is 0.475. The lowest BCUT2D eigenvalue weighted by atomic mass is 10.2. The van der Waals surface area contributed by atoms with Gasteiger partial charge in [0.15, 0.2) is 0 Å². The summed E-state index contributed by atoms with van der Waals surface area (Å²) in [5, 5.41) is 20.6. The summed E-state index contributed by atoms with van der Waals surface area (Å²) in [6.07, 6.45) is 3.27. The third-order valence-electron chi connectivity index (χ3n) is 2.74. The van der Waals surface area contributed by atoms with Crippen LogP contribution in [0.3, 0.4) is 0 Å². The number of aromatic nitrogens is 4. The molecular weight excluding hydrogens is 286 g/mol. The SMILES string of the molecule is Oc1cccc(C=Nn2c(-c3ccccn3)n[nH]c2=S)c1. The Bertz CT molecular complexity index is 838. The van der Waals surface area contributed by atoms with E-state index in [0.29, 0.717) is 16.3 Å². The fraction of sp³-hybridized carbons (Fsp3) is 0. The zero-order chi connectivity index (χ0) is 14.7. The maximum absolute atomic E-state index is 9.44. The van der Waals surface area contributed by atoms with Crippen molar-refractivity contribution in [3.63, 3.8) is 0 Å². The highest BCUT2D eigenvalue weighted by Crippen LogP contribution is 2.14. The van der Waals surface area contributed by atoms with E-state index in [9.17, 15) is 5.11 Å². The number of aromatic amines is 1. The van der Waals surface area contributed by atoms with Crippen molar-refractivity contribution in [2.45, 2.75) is 0 Å². The maximum atomic E-state index is 9.44. The summed E-state index contributed by atoms with van der Waals surface area (Å²) in [5.74, 6) is 0.705. The lowest BCUT2D eigenvalue weighted by Crippen LogP contribution is -1.96. The Morgan fingerprint density at radius 3 is 2.90 bits per heavy atom. The molecule has 1 aromatic carbocycles. The number of phenols is 1. The van der Waals surface area contributed by atoms with Crippen LogP contribution < -0.4 is 0 Å². The molecule has 0 aliphatic heterocycles. The quantitative estimate of drug-likeness (QED) is 0.575. The smallest absolute Gasteiger partial charge is 0.216 e. The number of aromatic hydroxyl groups is 1. The van der Waals surface area contributed by atoms with Crippen LogP contribution in [0.5, 0.6) is 5.75 Å². The second kappa shape index (κ2) is 5.68. The normalized spacial score (nSPS) is 11.0. The van der Waals surface area contributed by atoms with Crippen molar-refractivity contribution < 1.29 is 5.11 Å². The first-order valence-electron chi connectivity index (χ1n) is 6.16. The molecule has 0 spiro atoms. The van der Waals surface area contributed by atoms with Gasteiger partial charge in [0, 0.05) is 6.20 Å². The Morgan fingerprint density at radius 1 is 1.24 bits per heavy atom. The number of phenolic OH excluding ortho intramolecular Hbond substituents is 1. The molecule has 6 nitrogen and oxygen atoms in total. The van der Waals surface area contributed by atoms with Gasteiger partial charge in [-0.1, -0.05) is 18.2 Å². The van der Waals surface area contributed by atoms with Gasteiger partial charge in [0.1, 0.15) is 11.4 Å². The molecule has 0 unspecified atom stereocenters. The summed E-state index contributed by atoms with van der Waals surface area (Å²) in [5.41, 5.74) is 1.42. The highest BCUT2D eigenvalue weighted by Gasteiger charge is 2.08. The molecule has 0 saturated heterocycles. The fourth-order valence-corrected chi connectivity index (χ4v) is 1.97. The van der Waals surface area contributed by atoms with Gasteiger partial charge in [-0.05, 0) is 42.0 Å². The van der Waals surface area contributed by atoms with E-state index >= 15 is 0 Å². The molecule has 0 radical (unpaired) electrons. The van der Waals surface area contributed by atoms with Crippen LogP contribution in [0.25, 0.3) is 11.5 Å². The van der Waals surface area contributed by atoms with E-state index in [1.807, 2.05) is 24.3 Å². The van der Waals surface area contributed by atoms with Gasteiger partial charge in [-0.2, -0.15) is 14.9 Å². The van der Waals surface area contributed by atoms with Crippen LogP contribution in [0.2, 0.25) is 0 Å². The van der Waals surface area contributed by atoms with E-state index in [1.54, 1.807) is 30.6 Å². The monoisotopic (exact) mass is 297 g/mol. The number of hydrogen-bond donors (Lipinski definition) is 2. The van der Waals surface area contributed by atoms with E-state index < -0.39 is 0 Å². The molecule has 0 fully saturated rings. The highest BCUT2D eigenvalue weighted by molar-refractivity contribution is 7.71. The Balaban J connectivity index is 2.00. The molecule has 2 heterocycles. The van der Waals surface area contributed by atoms with Crippen molar-refractivity contribution in [3.05, 3.63) is 59.0 Å². The molecule has 0 aliphatic rings. The van der Waals surface area contributed by atoms with Crippen molar-refractivity contribution in [3.8, 4) is 17.3 Å². The Kier molecular flexibility index (Phi) is 3.57.